The molecule has 3 heterocycles. The topological polar surface area (TPSA) is 104 Å². The number of furan rings is 1. The number of ether oxygens (including phenoxy) is 1. The van der Waals surface area contributed by atoms with Crippen LogP contribution in [0.25, 0.3) is 0 Å². The molecule has 35 heavy (non-hydrogen) atoms. The molecule has 2 aliphatic heterocycles. The molecule has 0 saturated carbocycles. The molecule has 0 spiro atoms. The Labute approximate surface area is 202 Å². The lowest BCUT2D eigenvalue weighted by Crippen LogP contribution is -2.43. The van der Waals surface area contributed by atoms with E-state index in [1.165, 1.54) is 11.3 Å². The van der Waals surface area contributed by atoms with E-state index in [9.17, 15) is 14.4 Å². The number of methoxy groups -OCH3 is 1. The minimum Gasteiger partial charge on any atom is -0.497 e. The number of imide groups is 1. The monoisotopic (exact) mass is 472 g/mol. The Morgan fingerprint density at radius 3 is 2.51 bits per heavy atom. The van der Waals surface area contributed by atoms with Crippen LogP contribution in [-0.4, -0.2) is 47.1 Å². The zero-order valence-electron chi connectivity index (χ0n) is 19.3. The lowest BCUT2D eigenvalue weighted by Gasteiger charge is -2.24. The van der Waals surface area contributed by atoms with Crippen LogP contribution in [-0.2, 0) is 15.1 Å². The number of carbonyl (C=O) groups excluding carboxylic acids is 3. The Bertz CT molecular complexity index is 1290. The highest BCUT2D eigenvalue weighted by Gasteiger charge is 2.50. The smallest absolute Gasteiger partial charge is 0.325 e. The summed E-state index contributed by atoms with van der Waals surface area (Å²) < 4.78 is 10.8. The lowest BCUT2D eigenvalue weighted by atomic mass is 9.92. The van der Waals surface area contributed by atoms with Gasteiger partial charge in [-0.05, 0) is 54.4 Å². The minimum absolute atomic E-state index is 0.424. The molecular weight excluding hydrogens is 448 g/mol. The molecule has 1 N–H and O–H groups in total. The highest BCUT2D eigenvalue weighted by atomic mass is 16.5. The van der Waals surface area contributed by atoms with E-state index in [0.717, 1.165) is 10.5 Å². The molecule has 2 aromatic carbocycles. The third-order valence-electron chi connectivity index (χ3n) is 6.38. The highest BCUT2D eigenvalue weighted by molar-refractivity contribution is 6.09. The largest absolute Gasteiger partial charge is 0.497 e. The summed E-state index contributed by atoms with van der Waals surface area (Å²) in [5.41, 5.74) is 0.919. The Morgan fingerprint density at radius 2 is 1.86 bits per heavy atom. The Morgan fingerprint density at radius 1 is 1.11 bits per heavy atom. The molecule has 0 bridgehead atoms. The first-order chi connectivity index (χ1) is 16.9. The summed E-state index contributed by atoms with van der Waals surface area (Å²) in [6.45, 7) is 1.19. The van der Waals surface area contributed by atoms with Gasteiger partial charge in [-0.15, -0.1) is 0 Å². The number of hydrogen-bond acceptors (Lipinski definition) is 6. The van der Waals surface area contributed by atoms with Gasteiger partial charge in [0.2, 0.25) is 0 Å². The van der Waals surface area contributed by atoms with E-state index in [1.54, 1.807) is 50.4 Å². The SMILES string of the molecule is COc1ccc(C2=NN(C(=O)CN3C(=O)N[C@@](C)(c4ccccc4)C3=O)[C@H](c3ccco3)C2)cc1. The molecule has 2 atom stereocenters. The molecular formula is C26H24N4O5. The number of amides is 4. The zero-order valence-corrected chi connectivity index (χ0v) is 19.3. The van der Waals surface area contributed by atoms with Crippen LogP contribution in [0.5, 0.6) is 5.75 Å². The van der Waals surface area contributed by atoms with Gasteiger partial charge in [0.05, 0.1) is 19.1 Å². The van der Waals surface area contributed by atoms with Crippen LogP contribution in [0.3, 0.4) is 0 Å². The zero-order chi connectivity index (χ0) is 24.6. The fourth-order valence-corrected chi connectivity index (χ4v) is 4.42. The van der Waals surface area contributed by atoms with Crippen LogP contribution in [0, 0.1) is 0 Å². The molecule has 1 fully saturated rings. The molecule has 0 aliphatic carbocycles. The summed E-state index contributed by atoms with van der Waals surface area (Å²) >= 11 is 0. The van der Waals surface area contributed by atoms with E-state index in [0.29, 0.717) is 29.2 Å². The quantitative estimate of drug-likeness (QED) is 0.554. The highest BCUT2D eigenvalue weighted by Crippen LogP contribution is 2.34. The molecule has 4 amide bonds. The van der Waals surface area contributed by atoms with E-state index in [-0.39, 0.29) is 0 Å². The predicted molar refractivity (Wildman–Crippen MR) is 126 cm³/mol. The Kier molecular flexibility index (Phi) is 5.60. The van der Waals surface area contributed by atoms with E-state index < -0.39 is 36.0 Å². The molecule has 3 aromatic rings. The normalized spacial score (nSPS) is 21.8. The number of nitrogens with one attached hydrogen (secondary N) is 1. The third kappa shape index (κ3) is 3.95. The van der Waals surface area contributed by atoms with Crippen LogP contribution in [0.4, 0.5) is 4.79 Å². The summed E-state index contributed by atoms with van der Waals surface area (Å²) in [6.07, 6.45) is 1.96. The molecule has 1 aromatic heterocycles. The van der Waals surface area contributed by atoms with E-state index >= 15 is 0 Å². The Hall–Kier alpha value is -4.40. The summed E-state index contributed by atoms with van der Waals surface area (Å²) in [5.74, 6) is 0.297. The maximum Gasteiger partial charge on any atom is 0.325 e. The summed E-state index contributed by atoms with van der Waals surface area (Å²) in [5, 5.41) is 8.60. The predicted octanol–water partition coefficient (Wildman–Crippen LogP) is 3.43. The second-order valence-corrected chi connectivity index (χ2v) is 8.56. The fourth-order valence-electron chi connectivity index (χ4n) is 4.42. The number of hydrogen-bond donors (Lipinski definition) is 1. The standard InChI is InChI=1S/C26H24N4O5/c1-26(18-7-4-3-5-8-18)24(32)29(25(33)27-26)16-23(31)30-21(22-9-6-14-35-22)15-20(28-30)17-10-12-19(34-2)13-11-17/h3-14,21H,15-16H2,1-2H3,(H,27,33)/t21-,26-/m0/s1. The van der Waals surface area contributed by atoms with Crippen LogP contribution in [0.15, 0.2) is 82.5 Å². The van der Waals surface area contributed by atoms with Gasteiger partial charge in [-0.25, -0.2) is 9.80 Å². The van der Waals surface area contributed by atoms with Crippen molar-refractivity contribution in [1.29, 1.82) is 0 Å². The maximum absolute atomic E-state index is 13.4. The van der Waals surface area contributed by atoms with Gasteiger partial charge in [0.15, 0.2) is 0 Å². The molecule has 2 aliphatic rings. The molecule has 1 saturated heterocycles. The van der Waals surface area contributed by atoms with Crippen LogP contribution >= 0.6 is 0 Å². The van der Waals surface area contributed by atoms with Gasteiger partial charge in [-0.3, -0.25) is 14.5 Å². The van der Waals surface area contributed by atoms with Gasteiger partial charge < -0.3 is 14.5 Å². The molecule has 178 valence electrons. The number of urea groups is 1. The number of rotatable bonds is 6. The number of carbonyl (C=O) groups is 3. The fraction of sp³-hybridized carbons (Fsp3) is 0.231. The van der Waals surface area contributed by atoms with Gasteiger partial charge in [0, 0.05) is 6.42 Å². The second kappa shape index (κ2) is 8.75. The number of nitrogens with zero attached hydrogens (tertiary/aromatic N) is 3. The maximum atomic E-state index is 13.4. The summed E-state index contributed by atoms with van der Waals surface area (Å²) in [4.78, 5) is 40.3. The minimum atomic E-state index is -1.25. The lowest BCUT2D eigenvalue weighted by molar-refractivity contribution is -0.140. The summed E-state index contributed by atoms with van der Waals surface area (Å²) in [6, 6.07) is 18.7. The van der Waals surface area contributed by atoms with Crippen molar-refractivity contribution in [3.05, 3.63) is 89.9 Å². The summed E-state index contributed by atoms with van der Waals surface area (Å²) in [7, 11) is 1.59. The first-order valence-corrected chi connectivity index (χ1v) is 11.2. The van der Waals surface area contributed by atoms with Crippen molar-refractivity contribution in [2.75, 3.05) is 13.7 Å². The third-order valence-corrected chi connectivity index (χ3v) is 6.38. The van der Waals surface area contributed by atoms with Crippen LogP contribution in [0.1, 0.15) is 36.3 Å². The molecule has 0 radical (unpaired) electrons. The van der Waals surface area contributed by atoms with Crippen molar-refractivity contribution in [3.63, 3.8) is 0 Å². The number of hydrazone groups is 1. The van der Waals surface area contributed by atoms with Gasteiger partial charge >= 0.3 is 6.03 Å². The van der Waals surface area contributed by atoms with E-state index in [1.807, 2.05) is 30.3 Å². The van der Waals surface area contributed by atoms with Crippen molar-refractivity contribution in [3.8, 4) is 5.75 Å². The van der Waals surface area contributed by atoms with Crippen molar-refractivity contribution < 1.29 is 23.5 Å². The van der Waals surface area contributed by atoms with E-state index in [4.69, 9.17) is 9.15 Å². The van der Waals surface area contributed by atoms with Crippen molar-refractivity contribution in [1.82, 2.24) is 15.2 Å². The second-order valence-electron chi connectivity index (χ2n) is 8.56. The number of benzene rings is 2. The van der Waals surface area contributed by atoms with Crippen LogP contribution < -0.4 is 10.1 Å². The Balaban J connectivity index is 1.40. The van der Waals surface area contributed by atoms with Crippen LogP contribution in [0.2, 0.25) is 0 Å². The van der Waals surface area contributed by atoms with Crippen molar-refractivity contribution in [2.45, 2.75) is 24.9 Å². The van der Waals surface area contributed by atoms with Crippen molar-refractivity contribution >= 4 is 23.6 Å². The van der Waals surface area contributed by atoms with Crippen molar-refractivity contribution in [2.24, 2.45) is 5.10 Å². The molecule has 9 nitrogen and oxygen atoms in total. The molecule has 5 rings (SSSR count). The average molecular weight is 473 g/mol. The van der Waals surface area contributed by atoms with Gasteiger partial charge in [0.25, 0.3) is 11.8 Å². The molecule has 0 unspecified atom stereocenters. The van der Waals surface area contributed by atoms with Gasteiger partial charge in [-0.1, -0.05) is 30.3 Å². The van der Waals surface area contributed by atoms with Gasteiger partial charge in [0.1, 0.15) is 29.6 Å². The first kappa shape index (κ1) is 22.4. The molecule has 9 heteroatoms. The van der Waals surface area contributed by atoms with Gasteiger partial charge in [-0.2, -0.15) is 5.10 Å². The first-order valence-electron chi connectivity index (χ1n) is 11.2. The average Bonchev–Trinajstić information content (AvgIpc) is 3.61. The van der Waals surface area contributed by atoms with E-state index in [2.05, 4.69) is 10.4 Å².